The first-order valence-electron chi connectivity index (χ1n) is 8.96. The minimum absolute atomic E-state index is 0.271. The maximum atomic E-state index is 12.3. The number of carbonyl (C=O) groups excluding carboxylic acids is 1. The first-order valence-corrected chi connectivity index (χ1v) is 8.96. The molecule has 0 aliphatic carbocycles. The molecule has 138 valence electrons. The number of rotatable bonds is 2. The van der Waals surface area contributed by atoms with E-state index in [1.165, 1.54) is 5.56 Å². The predicted molar refractivity (Wildman–Crippen MR) is 96.7 cm³/mol. The van der Waals surface area contributed by atoms with Crippen LogP contribution in [0.2, 0.25) is 0 Å². The Labute approximate surface area is 150 Å². The molecule has 1 fully saturated rings. The van der Waals surface area contributed by atoms with E-state index < -0.39 is 5.60 Å². The summed E-state index contributed by atoms with van der Waals surface area (Å²) in [6, 6.07) is 0.562. The van der Waals surface area contributed by atoms with E-state index in [4.69, 9.17) is 4.74 Å². The minimum atomic E-state index is -0.481. The molecule has 1 atom stereocenters. The Balaban J connectivity index is 1.74. The number of ether oxygens (including phenoxy) is 1. The van der Waals surface area contributed by atoms with Gasteiger partial charge < -0.3 is 19.4 Å². The molecule has 0 bridgehead atoms. The van der Waals surface area contributed by atoms with E-state index in [2.05, 4.69) is 33.9 Å². The number of carbonyl (C=O) groups is 1. The van der Waals surface area contributed by atoms with Gasteiger partial charge in [-0.2, -0.15) is 0 Å². The average Bonchev–Trinajstić information content (AvgIpc) is 3.02. The number of likely N-dealkylation sites (N-methyl/N-ethyl adjacent to an activating group) is 1. The number of amides is 1. The summed E-state index contributed by atoms with van der Waals surface area (Å²) < 4.78 is 5.49. The maximum absolute atomic E-state index is 12.3. The van der Waals surface area contributed by atoms with Gasteiger partial charge in [0, 0.05) is 31.2 Å². The largest absolute Gasteiger partial charge is 0.444 e. The summed E-state index contributed by atoms with van der Waals surface area (Å²) >= 11 is 0. The van der Waals surface area contributed by atoms with Crippen molar-refractivity contribution in [1.29, 1.82) is 0 Å². The first kappa shape index (κ1) is 17.9. The van der Waals surface area contributed by atoms with Gasteiger partial charge in [0.15, 0.2) is 0 Å². The van der Waals surface area contributed by atoms with Crippen molar-refractivity contribution >= 4 is 11.9 Å². The number of anilines is 1. The van der Waals surface area contributed by atoms with Gasteiger partial charge in [-0.05, 0) is 47.7 Å². The van der Waals surface area contributed by atoms with Gasteiger partial charge in [-0.1, -0.05) is 0 Å². The Morgan fingerprint density at radius 2 is 2.04 bits per heavy atom. The number of hydrogen-bond acceptors (Lipinski definition) is 6. The topological polar surface area (TPSA) is 61.8 Å². The van der Waals surface area contributed by atoms with Crippen LogP contribution in [0.15, 0.2) is 6.33 Å². The fourth-order valence-corrected chi connectivity index (χ4v) is 3.45. The van der Waals surface area contributed by atoms with Gasteiger partial charge in [0.2, 0.25) is 0 Å². The molecule has 7 heteroatoms. The molecule has 25 heavy (non-hydrogen) atoms. The SMILES string of the molecule is CN(C)C1CCN(c2ncnc3c2CCN(C(=O)OC(C)(C)C)C3)C1. The molecule has 0 radical (unpaired) electrons. The molecule has 3 heterocycles. The molecule has 2 aliphatic heterocycles. The van der Waals surface area contributed by atoms with Gasteiger partial charge in [-0.25, -0.2) is 14.8 Å². The van der Waals surface area contributed by atoms with E-state index >= 15 is 0 Å². The lowest BCUT2D eigenvalue weighted by molar-refractivity contribution is 0.0221. The third kappa shape index (κ3) is 4.03. The van der Waals surface area contributed by atoms with E-state index in [0.29, 0.717) is 19.1 Å². The maximum Gasteiger partial charge on any atom is 0.410 e. The van der Waals surface area contributed by atoms with Gasteiger partial charge in [0.05, 0.1) is 12.2 Å². The smallest absolute Gasteiger partial charge is 0.410 e. The Bertz CT molecular complexity index is 641. The molecule has 0 saturated carbocycles. The van der Waals surface area contributed by atoms with Crippen LogP contribution in [0, 0.1) is 0 Å². The summed E-state index contributed by atoms with van der Waals surface area (Å²) in [6.45, 7) is 8.80. The van der Waals surface area contributed by atoms with Crippen LogP contribution in [0.5, 0.6) is 0 Å². The van der Waals surface area contributed by atoms with Crippen LogP contribution >= 0.6 is 0 Å². The van der Waals surface area contributed by atoms with Gasteiger partial charge in [0.25, 0.3) is 0 Å². The van der Waals surface area contributed by atoms with E-state index in [-0.39, 0.29) is 6.09 Å². The Kier molecular flexibility index (Phi) is 4.86. The van der Waals surface area contributed by atoms with Gasteiger partial charge in [0.1, 0.15) is 17.7 Å². The lowest BCUT2D eigenvalue weighted by Crippen LogP contribution is -2.41. The van der Waals surface area contributed by atoms with E-state index in [9.17, 15) is 4.79 Å². The van der Waals surface area contributed by atoms with Crippen molar-refractivity contribution in [1.82, 2.24) is 19.8 Å². The zero-order chi connectivity index (χ0) is 18.2. The highest BCUT2D eigenvalue weighted by molar-refractivity contribution is 5.69. The molecule has 1 aromatic rings. The molecule has 1 aromatic heterocycles. The van der Waals surface area contributed by atoms with Crippen LogP contribution in [0.25, 0.3) is 0 Å². The second-order valence-corrected chi connectivity index (χ2v) is 8.13. The van der Waals surface area contributed by atoms with Crippen LogP contribution in [-0.2, 0) is 17.7 Å². The summed E-state index contributed by atoms with van der Waals surface area (Å²) in [4.78, 5) is 27.7. The normalized spacial score (nSPS) is 20.8. The van der Waals surface area contributed by atoms with Crippen LogP contribution in [0.4, 0.5) is 10.6 Å². The highest BCUT2D eigenvalue weighted by Gasteiger charge is 2.31. The molecule has 7 nitrogen and oxygen atoms in total. The van der Waals surface area contributed by atoms with Crippen molar-refractivity contribution in [3.8, 4) is 0 Å². The number of nitrogens with zero attached hydrogens (tertiary/aromatic N) is 5. The molecule has 3 rings (SSSR count). The zero-order valence-electron chi connectivity index (χ0n) is 15.9. The van der Waals surface area contributed by atoms with Gasteiger partial charge in [-0.15, -0.1) is 0 Å². The number of aromatic nitrogens is 2. The molecule has 0 aromatic carbocycles. The molecule has 0 N–H and O–H groups in total. The fourth-order valence-electron chi connectivity index (χ4n) is 3.45. The average molecular weight is 347 g/mol. The molecule has 2 aliphatic rings. The Morgan fingerprint density at radius 3 is 2.68 bits per heavy atom. The van der Waals surface area contributed by atoms with Crippen molar-refractivity contribution < 1.29 is 9.53 Å². The summed E-state index contributed by atoms with van der Waals surface area (Å²) in [5.74, 6) is 1.04. The van der Waals surface area contributed by atoms with Crippen LogP contribution in [0.3, 0.4) is 0 Å². The molecular weight excluding hydrogens is 318 g/mol. The second-order valence-electron chi connectivity index (χ2n) is 8.13. The first-order chi connectivity index (χ1) is 11.7. The van der Waals surface area contributed by atoms with Crippen molar-refractivity contribution in [3.63, 3.8) is 0 Å². The number of hydrogen-bond donors (Lipinski definition) is 0. The van der Waals surface area contributed by atoms with Crippen LogP contribution < -0.4 is 4.90 Å². The van der Waals surface area contributed by atoms with Gasteiger partial charge in [-0.3, -0.25) is 0 Å². The third-order valence-electron chi connectivity index (χ3n) is 4.83. The summed E-state index contributed by atoms with van der Waals surface area (Å²) in [7, 11) is 4.25. The molecular formula is C18H29N5O2. The summed E-state index contributed by atoms with van der Waals surface area (Å²) in [6.07, 6.45) is 3.27. The van der Waals surface area contributed by atoms with Crippen molar-refractivity contribution in [2.75, 3.05) is 38.6 Å². The molecule has 0 spiro atoms. The lowest BCUT2D eigenvalue weighted by atomic mass is 10.1. The highest BCUT2D eigenvalue weighted by atomic mass is 16.6. The van der Waals surface area contributed by atoms with Crippen molar-refractivity contribution in [2.45, 2.75) is 51.8 Å². The number of fused-ring (bicyclic) bond motifs is 1. The molecule has 1 amide bonds. The monoisotopic (exact) mass is 347 g/mol. The van der Waals surface area contributed by atoms with Crippen LogP contribution in [0.1, 0.15) is 38.4 Å². The quantitative estimate of drug-likeness (QED) is 0.814. The van der Waals surface area contributed by atoms with Crippen LogP contribution in [-0.4, -0.2) is 71.2 Å². The Hall–Kier alpha value is -1.89. The minimum Gasteiger partial charge on any atom is -0.444 e. The van der Waals surface area contributed by atoms with E-state index in [0.717, 1.165) is 37.4 Å². The molecule has 1 unspecified atom stereocenters. The lowest BCUT2D eigenvalue weighted by Gasteiger charge is -2.32. The second kappa shape index (κ2) is 6.78. The summed E-state index contributed by atoms with van der Waals surface area (Å²) in [5, 5.41) is 0. The zero-order valence-corrected chi connectivity index (χ0v) is 15.9. The predicted octanol–water partition coefficient (Wildman–Crippen LogP) is 1.91. The summed E-state index contributed by atoms with van der Waals surface area (Å²) in [5.41, 5.74) is 1.64. The highest BCUT2D eigenvalue weighted by Crippen LogP contribution is 2.29. The van der Waals surface area contributed by atoms with Gasteiger partial charge >= 0.3 is 6.09 Å². The Morgan fingerprint density at radius 1 is 1.28 bits per heavy atom. The fraction of sp³-hybridized carbons (Fsp3) is 0.722. The molecule has 1 saturated heterocycles. The van der Waals surface area contributed by atoms with E-state index in [1.807, 2.05) is 20.8 Å². The van der Waals surface area contributed by atoms with E-state index in [1.54, 1.807) is 11.2 Å². The van der Waals surface area contributed by atoms with Crippen molar-refractivity contribution in [3.05, 3.63) is 17.6 Å². The van der Waals surface area contributed by atoms with Crippen molar-refractivity contribution in [2.24, 2.45) is 0 Å². The third-order valence-corrected chi connectivity index (χ3v) is 4.83. The standard InChI is InChI=1S/C18H29N5O2/c1-18(2,3)25-17(24)23-9-7-14-15(11-23)19-12-20-16(14)22-8-6-13(10-22)21(4)5/h12-13H,6-11H2,1-5H3.